The van der Waals surface area contributed by atoms with Crippen LogP contribution in [0.25, 0.3) is 0 Å². The summed E-state index contributed by atoms with van der Waals surface area (Å²) < 4.78 is 0. The number of nitrogens with one attached hydrogen (secondary N) is 1. The summed E-state index contributed by atoms with van der Waals surface area (Å²) in [5.74, 6) is 0. The number of hydrogen-bond donors (Lipinski definition) is 1. The molecule has 1 nitrogen and oxygen atoms in total. The monoisotopic (exact) mass is 221 g/mol. The molecule has 0 radical (unpaired) electrons. The predicted octanol–water partition coefficient (Wildman–Crippen LogP) is 4.25. The first kappa shape index (κ1) is 15.2. The molecular formula is C15H27N. The lowest BCUT2D eigenvalue weighted by Crippen LogP contribution is -2.26. The van der Waals surface area contributed by atoms with Gasteiger partial charge in [0.25, 0.3) is 0 Å². The highest BCUT2D eigenvalue weighted by atomic mass is 14.9. The van der Waals surface area contributed by atoms with E-state index in [2.05, 4.69) is 12.4 Å². The Hall–Kier alpha value is -0.820. The summed E-state index contributed by atoms with van der Waals surface area (Å²) in [6.07, 6.45) is 7.13. The van der Waals surface area contributed by atoms with E-state index in [1.807, 2.05) is 50.2 Å². The smallest absolute Gasteiger partial charge is 0.00640 e. The molecule has 1 aromatic rings. The Kier molecular flexibility index (Phi) is 11.6. The highest BCUT2D eigenvalue weighted by Gasteiger charge is 2.09. The van der Waals surface area contributed by atoms with Crippen molar-refractivity contribution in [3.05, 3.63) is 36.4 Å². The summed E-state index contributed by atoms with van der Waals surface area (Å²) >= 11 is 0. The minimum Gasteiger partial charge on any atom is -0.317 e. The van der Waals surface area contributed by atoms with Crippen LogP contribution < -0.4 is 5.32 Å². The van der Waals surface area contributed by atoms with Crippen LogP contribution in [-0.2, 0) is 0 Å². The van der Waals surface area contributed by atoms with Gasteiger partial charge in [-0.25, -0.2) is 0 Å². The van der Waals surface area contributed by atoms with Gasteiger partial charge in [0.15, 0.2) is 0 Å². The molecule has 0 amide bonds. The molecule has 1 aromatic carbocycles. The molecule has 0 aliphatic heterocycles. The van der Waals surface area contributed by atoms with Crippen molar-refractivity contribution in [2.24, 2.45) is 0 Å². The number of hydrogen-bond acceptors (Lipinski definition) is 1. The fourth-order valence-electron chi connectivity index (χ4n) is 1.78. The minimum absolute atomic E-state index is 0.837. The van der Waals surface area contributed by atoms with Crippen LogP contribution >= 0.6 is 0 Å². The van der Waals surface area contributed by atoms with Gasteiger partial charge in [-0.15, -0.1) is 0 Å². The molecule has 1 N–H and O–H groups in total. The van der Waals surface area contributed by atoms with Gasteiger partial charge in [0, 0.05) is 6.04 Å². The summed E-state index contributed by atoms with van der Waals surface area (Å²) in [6.45, 7) is 4.00. The Morgan fingerprint density at radius 1 is 0.750 bits per heavy atom. The van der Waals surface area contributed by atoms with Crippen LogP contribution in [0, 0.1) is 0 Å². The second-order valence-electron chi connectivity index (χ2n) is 3.78. The predicted molar refractivity (Wildman–Crippen MR) is 73.7 cm³/mol. The summed E-state index contributed by atoms with van der Waals surface area (Å²) in [5, 5.41) is 3.30. The molecule has 1 saturated carbocycles. The Morgan fingerprint density at radius 3 is 1.38 bits per heavy atom. The van der Waals surface area contributed by atoms with Crippen LogP contribution in [0.5, 0.6) is 0 Å². The van der Waals surface area contributed by atoms with Crippen molar-refractivity contribution in [2.45, 2.75) is 52.0 Å². The molecule has 16 heavy (non-hydrogen) atoms. The Bertz CT molecular complexity index is 175. The molecule has 1 aliphatic carbocycles. The highest BCUT2D eigenvalue weighted by Crippen LogP contribution is 2.16. The van der Waals surface area contributed by atoms with E-state index in [0.29, 0.717) is 0 Å². The fourth-order valence-corrected chi connectivity index (χ4v) is 1.78. The average molecular weight is 221 g/mol. The van der Waals surface area contributed by atoms with Gasteiger partial charge >= 0.3 is 0 Å². The number of rotatable bonds is 1. The van der Waals surface area contributed by atoms with E-state index in [0.717, 1.165) is 6.04 Å². The maximum Gasteiger partial charge on any atom is 0.00640 e. The lowest BCUT2D eigenvalue weighted by molar-refractivity contribution is 0.394. The molecule has 0 heterocycles. The second-order valence-corrected chi connectivity index (χ2v) is 3.78. The van der Waals surface area contributed by atoms with Crippen molar-refractivity contribution in [1.29, 1.82) is 0 Å². The molecule has 92 valence electrons. The molecule has 0 bridgehead atoms. The molecule has 2 rings (SSSR count). The first-order chi connectivity index (χ1) is 7.93. The minimum atomic E-state index is 0.837. The normalized spacial score (nSPS) is 15.2. The van der Waals surface area contributed by atoms with E-state index in [4.69, 9.17) is 0 Å². The van der Waals surface area contributed by atoms with Gasteiger partial charge in [-0.3, -0.25) is 0 Å². The molecule has 0 spiro atoms. The Morgan fingerprint density at radius 2 is 1.12 bits per heavy atom. The van der Waals surface area contributed by atoms with Gasteiger partial charge in [0.2, 0.25) is 0 Å². The molecule has 0 atom stereocenters. The summed E-state index contributed by atoms with van der Waals surface area (Å²) in [7, 11) is 2.07. The van der Waals surface area contributed by atoms with Crippen LogP contribution in [0.3, 0.4) is 0 Å². The van der Waals surface area contributed by atoms with Gasteiger partial charge in [-0.1, -0.05) is 69.5 Å². The zero-order chi connectivity index (χ0) is 12.1. The summed E-state index contributed by atoms with van der Waals surface area (Å²) in [6, 6.07) is 12.8. The van der Waals surface area contributed by atoms with Crippen molar-refractivity contribution in [3.63, 3.8) is 0 Å². The van der Waals surface area contributed by atoms with Gasteiger partial charge in [0.05, 0.1) is 0 Å². The van der Waals surface area contributed by atoms with Crippen molar-refractivity contribution >= 4 is 0 Å². The third-order valence-corrected chi connectivity index (χ3v) is 2.68. The largest absolute Gasteiger partial charge is 0.317 e. The third-order valence-electron chi connectivity index (χ3n) is 2.68. The molecule has 0 unspecified atom stereocenters. The first-order valence-electron chi connectivity index (χ1n) is 6.61. The molecule has 0 saturated heterocycles. The van der Waals surface area contributed by atoms with E-state index in [-0.39, 0.29) is 0 Å². The zero-order valence-electron chi connectivity index (χ0n) is 11.1. The van der Waals surface area contributed by atoms with E-state index in [1.165, 1.54) is 32.1 Å². The van der Waals surface area contributed by atoms with Gasteiger partial charge < -0.3 is 5.32 Å². The Balaban J connectivity index is 0.000000251. The summed E-state index contributed by atoms with van der Waals surface area (Å²) in [5.41, 5.74) is 0. The lowest BCUT2D eigenvalue weighted by atomic mass is 9.96. The lowest BCUT2D eigenvalue weighted by Gasteiger charge is -2.20. The van der Waals surface area contributed by atoms with E-state index in [9.17, 15) is 0 Å². The van der Waals surface area contributed by atoms with Crippen LogP contribution in [0.2, 0.25) is 0 Å². The van der Waals surface area contributed by atoms with Gasteiger partial charge in [-0.2, -0.15) is 0 Å². The Labute approximate surface area is 101 Å². The fraction of sp³-hybridized carbons (Fsp3) is 0.600. The van der Waals surface area contributed by atoms with E-state index >= 15 is 0 Å². The van der Waals surface area contributed by atoms with Crippen molar-refractivity contribution in [1.82, 2.24) is 5.32 Å². The quantitative estimate of drug-likeness (QED) is 0.747. The van der Waals surface area contributed by atoms with Crippen LogP contribution in [0.15, 0.2) is 36.4 Å². The number of benzene rings is 1. The maximum atomic E-state index is 3.30. The van der Waals surface area contributed by atoms with Gasteiger partial charge in [-0.05, 0) is 19.9 Å². The summed E-state index contributed by atoms with van der Waals surface area (Å²) in [4.78, 5) is 0. The average Bonchev–Trinajstić information content (AvgIpc) is 2.44. The zero-order valence-corrected chi connectivity index (χ0v) is 11.1. The van der Waals surface area contributed by atoms with Gasteiger partial charge in [0.1, 0.15) is 0 Å². The highest BCUT2D eigenvalue weighted by molar-refractivity contribution is 4.99. The third kappa shape index (κ3) is 8.49. The van der Waals surface area contributed by atoms with Crippen molar-refractivity contribution < 1.29 is 0 Å². The maximum absolute atomic E-state index is 3.30. The molecule has 0 aromatic heterocycles. The van der Waals surface area contributed by atoms with Crippen molar-refractivity contribution in [3.8, 4) is 0 Å². The molecule has 1 aliphatic rings. The van der Waals surface area contributed by atoms with Crippen molar-refractivity contribution in [2.75, 3.05) is 7.05 Å². The van der Waals surface area contributed by atoms with Crippen LogP contribution in [-0.4, -0.2) is 13.1 Å². The van der Waals surface area contributed by atoms with E-state index < -0.39 is 0 Å². The van der Waals surface area contributed by atoms with E-state index in [1.54, 1.807) is 0 Å². The van der Waals surface area contributed by atoms with Crippen LogP contribution in [0.4, 0.5) is 0 Å². The standard InChI is InChI=1S/C7H15N.C6H6.C2H6/c1-8-7-5-3-2-4-6-7;1-2-4-6-5-3-1;1-2/h7-8H,2-6H2,1H3;1-6H;1-2H3. The molecule has 1 fully saturated rings. The molecular weight excluding hydrogens is 194 g/mol. The molecule has 1 heteroatoms. The first-order valence-corrected chi connectivity index (χ1v) is 6.61. The van der Waals surface area contributed by atoms with Crippen LogP contribution in [0.1, 0.15) is 46.0 Å². The topological polar surface area (TPSA) is 12.0 Å². The second kappa shape index (κ2) is 12.3. The SMILES string of the molecule is CC.CNC1CCCCC1.c1ccccc1.